The number of benzene rings is 2. The van der Waals surface area contributed by atoms with Crippen LogP contribution in [0.15, 0.2) is 53.5 Å². The SMILES string of the molecule is CN(C)c1ccc(C(=O)O)cc1.CN(C)c1ccc(N=C=O)cc1. The third-order valence-corrected chi connectivity index (χ3v) is 3.17. The minimum absolute atomic E-state index is 0.320. The molecule has 0 aliphatic carbocycles. The van der Waals surface area contributed by atoms with Crippen molar-refractivity contribution in [1.82, 2.24) is 0 Å². The second-order valence-corrected chi connectivity index (χ2v) is 5.36. The molecule has 0 aliphatic heterocycles. The van der Waals surface area contributed by atoms with Crippen molar-refractivity contribution >= 4 is 29.1 Å². The molecule has 0 atom stereocenters. The van der Waals surface area contributed by atoms with Gasteiger partial charge in [0.05, 0.1) is 11.3 Å². The molecule has 0 aromatic heterocycles. The Bertz CT molecular complexity index is 652. The zero-order valence-corrected chi connectivity index (χ0v) is 14.2. The maximum atomic E-state index is 10.5. The normalized spacial score (nSPS) is 9.17. The molecule has 0 aliphatic rings. The molecule has 0 radical (unpaired) electrons. The van der Waals surface area contributed by atoms with Crippen LogP contribution in [0.5, 0.6) is 0 Å². The molecule has 6 heteroatoms. The molecule has 0 saturated carbocycles. The van der Waals surface area contributed by atoms with E-state index in [4.69, 9.17) is 5.11 Å². The number of hydrogen-bond acceptors (Lipinski definition) is 5. The van der Waals surface area contributed by atoms with Crippen molar-refractivity contribution in [3.63, 3.8) is 0 Å². The lowest BCUT2D eigenvalue weighted by Gasteiger charge is -2.11. The van der Waals surface area contributed by atoms with Gasteiger partial charge in [-0.15, -0.1) is 0 Å². The zero-order chi connectivity index (χ0) is 18.1. The molecule has 0 fully saturated rings. The highest BCUT2D eigenvalue weighted by atomic mass is 16.4. The Balaban J connectivity index is 0.000000240. The van der Waals surface area contributed by atoms with E-state index >= 15 is 0 Å². The predicted molar refractivity (Wildman–Crippen MR) is 96.3 cm³/mol. The number of hydrogen-bond donors (Lipinski definition) is 1. The van der Waals surface area contributed by atoms with Crippen molar-refractivity contribution in [2.45, 2.75) is 0 Å². The highest BCUT2D eigenvalue weighted by molar-refractivity contribution is 5.88. The molecular weight excluding hydrogens is 306 g/mol. The second-order valence-electron chi connectivity index (χ2n) is 5.36. The summed E-state index contributed by atoms with van der Waals surface area (Å²) >= 11 is 0. The first kappa shape index (κ1) is 18.9. The maximum absolute atomic E-state index is 10.5. The largest absolute Gasteiger partial charge is 0.478 e. The van der Waals surface area contributed by atoms with Crippen molar-refractivity contribution in [1.29, 1.82) is 0 Å². The van der Waals surface area contributed by atoms with Crippen LogP contribution in [0.3, 0.4) is 0 Å². The van der Waals surface area contributed by atoms with Gasteiger partial charge in [0.2, 0.25) is 6.08 Å². The van der Waals surface area contributed by atoms with Gasteiger partial charge in [-0.25, -0.2) is 9.59 Å². The number of aliphatic imine (C=N–C) groups is 1. The van der Waals surface area contributed by atoms with Gasteiger partial charge in [-0.1, -0.05) is 0 Å². The van der Waals surface area contributed by atoms with Gasteiger partial charge in [-0.3, -0.25) is 0 Å². The summed E-state index contributed by atoms with van der Waals surface area (Å²) in [7, 11) is 7.74. The summed E-state index contributed by atoms with van der Waals surface area (Å²) in [6.45, 7) is 0. The summed E-state index contributed by atoms with van der Waals surface area (Å²) in [4.78, 5) is 27.7. The van der Waals surface area contributed by atoms with Gasteiger partial charge in [-0.05, 0) is 48.5 Å². The minimum Gasteiger partial charge on any atom is -0.478 e. The van der Waals surface area contributed by atoms with E-state index in [1.54, 1.807) is 36.4 Å². The van der Waals surface area contributed by atoms with E-state index in [2.05, 4.69) is 4.99 Å². The number of carboxylic acids is 1. The summed E-state index contributed by atoms with van der Waals surface area (Å²) in [5.41, 5.74) is 3.04. The molecule has 1 N–H and O–H groups in total. The first-order chi connectivity index (χ1) is 11.3. The fraction of sp³-hybridized carbons (Fsp3) is 0.222. The number of aromatic carboxylic acids is 1. The van der Waals surface area contributed by atoms with Crippen LogP contribution < -0.4 is 9.80 Å². The molecule has 2 aromatic rings. The molecule has 126 valence electrons. The Morgan fingerprint density at radius 2 is 1.29 bits per heavy atom. The number of nitrogens with zero attached hydrogens (tertiary/aromatic N) is 3. The van der Waals surface area contributed by atoms with Crippen LogP contribution in [0, 0.1) is 0 Å². The van der Waals surface area contributed by atoms with Gasteiger partial charge in [0.25, 0.3) is 0 Å². The summed E-state index contributed by atoms with van der Waals surface area (Å²) < 4.78 is 0. The lowest BCUT2D eigenvalue weighted by Crippen LogP contribution is -2.08. The summed E-state index contributed by atoms with van der Waals surface area (Å²) in [6, 6.07) is 14.1. The van der Waals surface area contributed by atoms with E-state index in [0.29, 0.717) is 11.3 Å². The van der Waals surface area contributed by atoms with Crippen molar-refractivity contribution in [3.8, 4) is 0 Å². The smallest absolute Gasteiger partial charge is 0.335 e. The molecule has 0 spiro atoms. The Morgan fingerprint density at radius 3 is 1.62 bits per heavy atom. The quantitative estimate of drug-likeness (QED) is 0.690. The molecule has 24 heavy (non-hydrogen) atoms. The number of carbonyl (C=O) groups excluding carboxylic acids is 1. The Labute approximate surface area is 141 Å². The van der Waals surface area contributed by atoms with Crippen molar-refractivity contribution in [2.75, 3.05) is 38.0 Å². The zero-order valence-electron chi connectivity index (χ0n) is 14.2. The van der Waals surface area contributed by atoms with E-state index in [1.807, 2.05) is 50.1 Å². The highest BCUT2D eigenvalue weighted by Gasteiger charge is 2.01. The predicted octanol–water partition coefficient (Wildman–Crippen LogP) is 3.17. The molecule has 0 heterocycles. The van der Waals surface area contributed by atoms with Crippen LogP contribution in [0.4, 0.5) is 17.1 Å². The van der Waals surface area contributed by atoms with Crippen LogP contribution in [0.25, 0.3) is 0 Å². The van der Waals surface area contributed by atoms with E-state index in [1.165, 1.54) is 6.08 Å². The first-order valence-corrected chi connectivity index (χ1v) is 7.21. The van der Waals surface area contributed by atoms with Crippen molar-refractivity contribution in [3.05, 3.63) is 54.1 Å². The molecule has 0 saturated heterocycles. The molecule has 6 nitrogen and oxygen atoms in total. The van der Waals surface area contributed by atoms with Gasteiger partial charge in [-0.2, -0.15) is 4.99 Å². The average Bonchev–Trinajstić information content (AvgIpc) is 2.56. The van der Waals surface area contributed by atoms with Crippen LogP contribution in [-0.4, -0.2) is 45.3 Å². The summed E-state index contributed by atoms with van der Waals surface area (Å²) in [5, 5.41) is 8.60. The highest BCUT2D eigenvalue weighted by Crippen LogP contribution is 2.17. The molecule has 0 amide bonds. The Hall–Kier alpha value is -3.11. The fourth-order valence-corrected chi connectivity index (χ4v) is 1.78. The van der Waals surface area contributed by atoms with E-state index in [9.17, 15) is 9.59 Å². The van der Waals surface area contributed by atoms with Gasteiger partial charge in [0.15, 0.2) is 0 Å². The van der Waals surface area contributed by atoms with Crippen LogP contribution in [-0.2, 0) is 4.79 Å². The number of isocyanates is 1. The third-order valence-electron chi connectivity index (χ3n) is 3.17. The Kier molecular flexibility index (Phi) is 7.20. The van der Waals surface area contributed by atoms with Crippen LogP contribution in [0.2, 0.25) is 0 Å². The molecule has 0 unspecified atom stereocenters. The number of carbonyl (C=O) groups is 1. The van der Waals surface area contributed by atoms with Crippen molar-refractivity contribution in [2.24, 2.45) is 4.99 Å². The number of carboxylic acid groups (broad SMARTS) is 1. The standard InChI is InChI=1S/C9H10N2O.C9H11NO2/c1-11(2)9-5-3-8(4-6-9)10-7-12;1-10(2)8-5-3-7(4-6-8)9(11)12/h3-6H,1-2H3;3-6H,1-2H3,(H,11,12). The second kappa shape index (κ2) is 9.12. The molecular formula is C18H21N3O3. The summed E-state index contributed by atoms with van der Waals surface area (Å²) in [6.07, 6.45) is 1.49. The lowest BCUT2D eigenvalue weighted by atomic mass is 10.2. The Morgan fingerprint density at radius 1 is 0.875 bits per heavy atom. The minimum atomic E-state index is -0.889. The van der Waals surface area contributed by atoms with Crippen molar-refractivity contribution < 1.29 is 14.7 Å². The van der Waals surface area contributed by atoms with E-state index in [0.717, 1.165) is 11.4 Å². The lowest BCUT2D eigenvalue weighted by molar-refractivity contribution is 0.0697. The number of anilines is 2. The van der Waals surface area contributed by atoms with E-state index in [-0.39, 0.29) is 0 Å². The van der Waals surface area contributed by atoms with Gasteiger partial charge in [0.1, 0.15) is 0 Å². The molecule has 2 rings (SSSR count). The first-order valence-electron chi connectivity index (χ1n) is 7.21. The van der Waals surface area contributed by atoms with Gasteiger partial charge >= 0.3 is 5.97 Å². The third kappa shape index (κ3) is 5.94. The topological polar surface area (TPSA) is 73.2 Å². The maximum Gasteiger partial charge on any atom is 0.335 e. The van der Waals surface area contributed by atoms with E-state index < -0.39 is 5.97 Å². The number of rotatable bonds is 4. The van der Waals surface area contributed by atoms with Gasteiger partial charge in [0, 0.05) is 39.6 Å². The molecule has 2 aromatic carbocycles. The summed E-state index contributed by atoms with van der Waals surface area (Å²) in [5.74, 6) is -0.889. The van der Waals surface area contributed by atoms with Crippen LogP contribution >= 0.6 is 0 Å². The fourth-order valence-electron chi connectivity index (χ4n) is 1.78. The monoisotopic (exact) mass is 327 g/mol. The van der Waals surface area contributed by atoms with Crippen LogP contribution in [0.1, 0.15) is 10.4 Å². The average molecular weight is 327 g/mol. The molecule has 0 bridgehead atoms. The van der Waals surface area contributed by atoms with Gasteiger partial charge < -0.3 is 14.9 Å².